The van der Waals surface area contributed by atoms with Crippen LogP contribution < -0.4 is 10.6 Å². The molecular weight excluding hydrogens is 234 g/mol. The highest BCUT2D eigenvalue weighted by Gasteiger charge is 2.34. The molecule has 0 spiro atoms. The van der Waals surface area contributed by atoms with Crippen molar-refractivity contribution >= 4 is 17.7 Å². The fourth-order valence-electron chi connectivity index (χ4n) is 1.67. The minimum atomic E-state index is -1.11. The lowest BCUT2D eigenvalue weighted by Gasteiger charge is -2.35. The summed E-state index contributed by atoms with van der Waals surface area (Å²) in [5.41, 5.74) is 4.16. The van der Waals surface area contributed by atoms with Gasteiger partial charge in [0.05, 0.1) is 0 Å². The minimum Gasteiger partial charge on any atom is -0.480 e. The lowest BCUT2D eigenvalue weighted by atomic mass is 10.0. The van der Waals surface area contributed by atoms with Crippen LogP contribution in [0, 0.1) is 0 Å². The van der Waals surface area contributed by atoms with Gasteiger partial charge in [0.15, 0.2) is 0 Å². The average Bonchev–Trinajstić information content (AvgIpc) is 2.29. The Labute approximate surface area is 105 Å². The van der Waals surface area contributed by atoms with E-state index in [9.17, 15) is 14.7 Å². The molecule has 1 aromatic rings. The minimum absolute atomic E-state index is 0.118. The SMILES string of the molecule is CCN(c1cccc(C(N)=O)n1)C(C)(C)C(=O)O. The summed E-state index contributed by atoms with van der Waals surface area (Å²) in [5.74, 6) is -1.18. The summed E-state index contributed by atoms with van der Waals surface area (Å²) in [6.45, 7) is 5.44. The van der Waals surface area contributed by atoms with Gasteiger partial charge in [-0.25, -0.2) is 9.78 Å². The van der Waals surface area contributed by atoms with Crippen LogP contribution >= 0.6 is 0 Å². The third-order valence-electron chi connectivity index (χ3n) is 2.78. The third kappa shape index (κ3) is 2.58. The van der Waals surface area contributed by atoms with Crippen LogP contribution in [0.1, 0.15) is 31.3 Å². The highest BCUT2D eigenvalue weighted by atomic mass is 16.4. The zero-order valence-corrected chi connectivity index (χ0v) is 10.7. The topological polar surface area (TPSA) is 96.5 Å². The molecule has 18 heavy (non-hydrogen) atoms. The maximum Gasteiger partial charge on any atom is 0.328 e. The molecule has 3 N–H and O–H groups in total. The van der Waals surface area contributed by atoms with Gasteiger partial charge in [0, 0.05) is 6.54 Å². The number of carbonyl (C=O) groups excluding carboxylic acids is 1. The molecule has 6 heteroatoms. The van der Waals surface area contributed by atoms with Crippen LogP contribution in [0.15, 0.2) is 18.2 Å². The van der Waals surface area contributed by atoms with E-state index in [1.165, 1.54) is 6.07 Å². The van der Waals surface area contributed by atoms with Crippen LogP contribution in [0.4, 0.5) is 5.82 Å². The number of carboxylic acids is 1. The van der Waals surface area contributed by atoms with E-state index in [1.807, 2.05) is 6.92 Å². The summed E-state index contributed by atoms with van der Waals surface area (Å²) in [7, 11) is 0. The van der Waals surface area contributed by atoms with E-state index >= 15 is 0 Å². The van der Waals surface area contributed by atoms with Crippen LogP contribution in [-0.4, -0.2) is 34.1 Å². The molecule has 1 heterocycles. The second-order valence-corrected chi connectivity index (χ2v) is 4.35. The molecule has 0 radical (unpaired) electrons. The van der Waals surface area contributed by atoms with Crippen molar-refractivity contribution in [2.45, 2.75) is 26.3 Å². The molecule has 0 saturated heterocycles. The Hall–Kier alpha value is -2.11. The Morgan fingerprint density at radius 1 is 1.44 bits per heavy atom. The normalized spacial score (nSPS) is 11.1. The summed E-state index contributed by atoms with van der Waals surface area (Å²) in [4.78, 5) is 28.0. The second-order valence-electron chi connectivity index (χ2n) is 4.35. The zero-order valence-electron chi connectivity index (χ0n) is 10.7. The predicted molar refractivity (Wildman–Crippen MR) is 67.5 cm³/mol. The summed E-state index contributed by atoms with van der Waals surface area (Å²) >= 11 is 0. The molecule has 98 valence electrons. The van der Waals surface area contributed by atoms with E-state index in [0.717, 1.165) is 0 Å². The number of rotatable bonds is 5. The number of carboxylic acid groups (broad SMARTS) is 1. The molecule has 0 unspecified atom stereocenters. The first-order chi connectivity index (χ1) is 8.30. The molecule has 0 aliphatic rings. The summed E-state index contributed by atoms with van der Waals surface area (Å²) in [6.07, 6.45) is 0. The first-order valence-electron chi connectivity index (χ1n) is 5.58. The largest absolute Gasteiger partial charge is 0.480 e. The number of primary amides is 1. The molecule has 1 rings (SSSR count). The monoisotopic (exact) mass is 251 g/mol. The number of aromatic nitrogens is 1. The van der Waals surface area contributed by atoms with Crippen molar-refractivity contribution in [1.29, 1.82) is 0 Å². The maximum absolute atomic E-state index is 11.3. The Kier molecular flexibility index (Phi) is 3.90. The van der Waals surface area contributed by atoms with Gasteiger partial charge >= 0.3 is 5.97 Å². The van der Waals surface area contributed by atoms with E-state index in [2.05, 4.69) is 4.98 Å². The van der Waals surface area contributed by atoms with Gasteiger partial charge in [0.2, 0.25) is 0 Å². The molecule has 6 nitrogen and oxygen atoms in total. The number of nitrogens with two attached hydrogens (primary N) is 1. The summed E-state index contributed by atoms with van der Waals surface area (Å²) in [6, 6.07) is 4.77. The van der Waals surface area contributed by atoms with Gasteiger partial charge in [-0.1, -0.05) is 6.07 Å². The van der Waals surface area contributed by atoms with Crippen LogP contribution in [0.5, 0.6) is 0 Å². The molecule has 0 saturated carbocycles. The van der Waals surface area contributed by atoms with Gasteiger partial charge in [-0.15, -0.1) is 0 Å². The van der Waals surface area contributed by atoms with Gasteiger partial charge in [-0.05, 0) is 32.9 Å². The highest BCUT2D eigenvalue weighted by molar-refractivity contribution is 5.91. The molecule has 1 amide bonds. The molecule has 0 atom stereocenters. The van der Waals surface area contributed by atoms with Gasteiger partial charge in [-0.3, -0.25) is 4.79 Å². The number of nitrogens with zero attached hydrogens (tertiary/aromatic N) is 2. The quantitative estimate of drug-likeness (QED) is 0.809. The zero-order chi connectivity index (χ0) is 13.9. The van der Waals surface area contributed by atoms with E-state index in [0.29, 0.717) is 12.4 Å². The van der Waals surface area contributed by atoms with Gasteiger partial charge in [-0.2, -0.15) is 0 Å². The molecular formula is C12H17N3O3. The van der Waals surface area contributed by atoms with Crippen molar-refractivity contribution in [3.8, 4) is 0 Å². The van der Waals surface area contributed by atoms with Crippen molar-refractivity contribution in [3.05, 3.63) is 23.9 Å². The predicted octanol–water partition coefficient (Wildman–Crippen LogP) is 0.870. The van der Waals surface area contributed by atoms with Crippen LogP contribution in [-0.2, 0) is 4.79 Å². The lowest BCUT2D eigenvalue weighted by molar-refractivity contribution is -0.142. The Morgan fingerprint density at radius 2 is 2.06 bits per heavy atom. The number of hydrogen-bond acceptors (Lipinski definition) is 4. The van der Waals surface area contributed by atoms with Crippen molar-refractivity contribution in [2.24, 2.45) is 5.73 Å². The Balaban J connectivity index is 3.21. The van der Waals surface area contributed by atoms with E-state index in [4.69, 9.17) is 5.73 Å². The molecule has 0 aliphatic heterocycles. The van der Waals surface area contributed by atoms with E-state index in [1.54, 1.807) is 30.9 Å². The van der Waals surface area contributed by atoms with Crippen LogP contribution in [0.3, 0.4) is 0 Å². The Morgan fingerprint density at radius 3 is 2.50 bits per heavy atom. The summed E-state index contributed by atoms with van der Waals surface area (Å²) < 4.78 is 0. The lowest BCUT2D eigenvalue weighted by Crippen LogP contribution is -2.50. The van der Waals surface area contributed by atoms with E-state index < -0.39 is 17.4 Å². The third-order valence-corrected chi connectivity index (χ3v) is 2.78. The first-order valence-corrected chi connectivity index (χ1v) is 5.58. The van der Waals surface area contributed by atoms with Gasteiger partial charge in [0.1, 0.15) is 17.1 Å². The van der Waals surface area contributed by atoms with Crippen LogP contribution in [0.25, 0.3) is 0 Å². The highest BCUT2D eigenvalue weighted by Crippen LogP contribution is 2.22. The molecule has 0 bridgehead atoms. The maximum atomic E-state index is 11.3. The number of carbonyl (C=O) groups is 2. The molecule has 0 aliphatic carbocycles. The van der Waals surface area contributed by atoms with Gasteiger partial charge < -0.3 is 15.7 Å². The average molecular weight is 251 g/mol. The standard InChI is InChI=1S/C12H17N3O3/c1-4-15(12(2,3)11(17)18)9-7-5-6-8(14-9)10(13)16/h5-7H,4H2,1-3H3,(H2,13,16)(H,17,18). The van der Waals surface area contributed by atoms with Crippen molar-refractivity contribution in [1.82, 2.24) is 4.98 Å². The number of anilines is 1. The van der Waals surface area contributed by atoms with Crippen molar-refractivity contribution < 1.29 is 14.7 Å². The first kappa shape index (κ1) is 14.0. The number of amides is 1. The second kappa shape index (κ2) is 5.03. The fraction of sp³-hybridized carbons (Fsp3) is 0.417. The summed E-state index contributed by atoms with van der Waals surface area (Å²) in [5, 5.41) is 9.22. The molecule has 0 fully saturated rings. The number of aliphatic carboxylic acids is 1. The number of likely N-dealkylation sites (N-methyl/N-ethyl adjacent to an activating group) is 1. The van der Waals surface area contributed by atoms with E-state index in [-0.39, 0.29) is 5.69 Å². The molecule has 1 aromatic heterocycles. The van der Waals surface area contributed by atoms with Crippen LogP contribution in [0.2, 0.25) is 0 Å². The van der Waals surface area contributed by atoms with Gasteiger partial charge in [0.25, 0.3) is 5.91 Å². The van der Waals surface area contributed by atoms with Crippen molar-refractivity contribution in [2.75, 3.05) is 11.4 Å². The number of hydrogen-bond donors (Lipinski definition) is 2. The van der Waals surface area contributed by atoms with Crippen molar-refractivity contribution in [3.63, 3.8) is 0 Å². The smallest absolute Gasteiger partial charge is 0.328 e. The Bertz CT molecular complexity index is 471. The molecule has 0 aromatic carbocycles. The fourth-order valence-corrected chi connectivity index (χ4v) is 1.67. The number of pyridine rings is 1.